The van der Waals surface area contributed by atoms with E-state index in [1.54, 1.807) is 6.33 Å². The predicted molar refractivity (Wildman–Crippen MR) is 99.7 cm³/mol. The van der Waals surface area contributed by atoms with Crippen LogP contribution in [0.25, 0.3) is 11.3 Å². The molecular weight excluding hydrogens is 340 g/mol. The highest BCUT2D eigenvalue weighted by molar-refractivity contribution is 5.58. The lowest BCUT2D eigenvalue weighted by atomic mass is 9.99. The van der Waals surface area contributed by atoms with Crippen LogP contribution in [0.1, 0.15) is 28.8 Å². The summed E-state index contributed by atoms with van der Waals surface area (Å²) in [5.41, 5.74) is 5.24. The van der Waals surface area contributed by atoms with Crippen molar-refractivity contribution in [3.05, 3.63) is 77.8 Å². The highest BCUT2D eigenvalue weighted by Gasteiger charge is 2.34. The van der Waals surface area contributed by atoms with E-state index in [4.69, 9.17) is 4.52 Å². The van der Waals surface area contributed by atoms with Gasteiger partial charge in [-0.1, -0.05) is 35.5 Å². The average Bonchev–Trinajstić information content (AvgIpc) is 3.43. The van der Waals surface area contributed by atoms with Crippen LogP contribution >= 0.6 is 0 Å². The van der Waals surface area contributed by atoms with Gasteiger partial charge in [-0.15, -0.1) is 0 Å². The van der Waals surface area contributed by atoms with Gasteiger partial charge in [-0.25, -0.2) is 4.98 Å². The third-order valence-corrected chi connectivity index (χ3v) is 5.04. The molecule has 0 fully saturated rings. The minimum atomic E-state index is -0.0647. The zero-order valence-electron chi connectivity index (χ0n) is 15.0. The van der Waals surface area contributed by atoms with Gasteiger partial charge < -0.3 is 9.51 Å². The van der Waals surface area contributed by atoms with Gasteiger partial charge >= 0.3 is 0 Å². The lowest BCUT2D eigenvalue weighted by molar-refractivity contribution is 0.170. The summed E-state index contributed by atoms with van der Waals surface area (Å²) in [7, 11) is 1.94. The molecule has 1 N–H and O–H groups in total. The summed E-state index contributed by atoms with van der Waals surface area (Å²) in [5, 5.41) is 8.60. The first-order valence-corrected chi connectivity index (χ1v) is 9.03. The molecule has 0 radical (unpaired) electrons. The van der Waals surface area contributed by atoms with Crippen molar-refractivity contribution in [1.82, 2.24) is 29.8 Å². The third-order valence-electron chi connectivity index (χ3n) is 5.04. The largest absolute Gasteiger partial charge is 0.359 e. The molecule has 4 heterocycles. The number of hydrogen-bond donors (Lipinski definition) is 1. The van der Waals surface area contributed by atoms with Crippen molar-refractivity contribution in [3.63, 3.8) is 0 Å². The highest BCUT2D eigenvalue weighted by Crippen LogP contribution is 2.35. The molecule has 27 heavy (non-hydrogen) atoms. The fraction of sp³-hybridized carbons (Fsp3) is 0.250. The molecule has 0 aliphatic carbocycles. The Kier molecular flexibility index (Phi) is 3.86. The minimum Gasteiger partial charge on any atom is -0.359 e. The molecule has 7 nitrogen and oxygen atoms in total. The predicted octanol–water partition coefficient (Wildman–Crippen LogP) is 2.95. The Balaban J connectivity index is 1.51. The van der Waals surface area contributed by atoms with Gasteiger partial charge in [0, 0.05) is 55.6 Å². The van der Waals surface area contributed by atoms with Crippen LogP contribution in [0.5, 0.6) is 0 Å². The standard InChI is InChI=1S/C20H20N6O/c1-25-11-14(10-23-25)12-26-8-7-16-19(22-13-21-16)20(26)18-9-17(24-27-18)15-5-3-2-4-6-15/h2-6,9-11,13,20H,7-8,12H2,1H3,(H,21,22)/t20-/m1/s1. The lowest BCUT2D eigenvalue weighted by Gasteiger charge is -2.32. The van der Waals surface area contributed by atoms with Gasteiger partial charge in [0.15, 0.2) is 5.76 Å². The molecule has 0 amide bonds. The Morgan fingerprint density at radius 3 is 2.96 bits per heavy atom. The van der Waals surface area contributed by atoms with Crippen LogP contribution in [0.3, 0.4) is 0 Å². The van der Waals surface area contributed by atoms with E-state index in [-0.39, 0.29) is 6.04 Å². The number of rotatable bonds is 4. The summed E-state index contributed by atoms with van der Waals surface area (Å²) in [6.07, 6.45) is 6.66. The second-order valence-electron chi connectivity index (χ2n) is 6.89. The SMILES string of the molecule is Cn1cc(CN2CCc3[nH]cnc3[C@H]2c2cc(-c3ccccc3)no2)cn1. The Morgan fingerprint density at radius 2 is 2.15 bits per heavy atom. The van der Waals surface area contributed by atoms with Crippen molar-refractivity contribution in [2.45, 2.75) is 19.0 Å². The Bertz CT molecular complexity index is 1050. The number of aryl methyl sites for hydroxylation is 1. The summed E-state index contributed by atoms with van der Waals surface area (Å²) in [6.45, 7) is 1.70. The van der Waals surface area contributed by atoms with Crippen molar-refractivity contribution < 1.29 is 4.52 Å². The maximum Gasteiger partial charge on any atom is 0.160 e. The van der Waals surface area contributed by atoms with Gasteiger partial charge in [0.1, 0.15) is 11.7 Å². The fourth-order valence-electron chi connectivity index (χ4n) is 3.76. The van der Waals surface area contributed by atoms with Gasteiger partial charge in [-0.05, 0) is 0 Å². The maximum atomic E-state index is 5.79. The number of nitrogens with one attached hydrogen (secondary N) is 1. The molecule has 0 spiro atoms. The van der Waals surface area contributed by atoms with Crippen LogP contribution in [-0.4, -0.2) is 36.3 Å². The fourth-order valence-corrected chi connectivity index (χ4v) is 3.76. The summed E-state index contributed by atoms with van der Waals surface area (Å²) < 4.78 is 7.62. The summed E-state index contributed by atoms with van der Waals surface area (Å²) in [5.74, 6) is 0.811. The van der Waals surface area contributed by atoms with Crippen LogP contribution in [-0.2, 0) is 20.0 Å². The van der Waals surface area contributed by atoms with E-state index in [1.807, 2.05) is 60.5 Å². The molecule has 3 aromatic heterocycles. The van der Waals surface area contributed by atoms with Gasteiger partial charge in [0.25, 0.3) is 0 Å². The summed E-state index contributed by atoms with van der Waals surface area (Å²) >= 11 is 0. The number of aromatic nitrogens is 5. The lowest BCUT2D eigenvalue weighted by Crippen LogP contribution is -2.35. The molecule has 4 aromatic rings. The first kappa shape index (κ1) is 16.0. The van der Waals surface area contributed by atoms with E-state index in [0.29, 0.717) is 0 Å². The van der Waals surface area contributed by atoms with E-state index < -0.39 is 0 Å². The third kappa shape index (κ3) is 2.96. The number of imidazole rings is 1. The first-order valence-electron chi connectivity index (χ1n) is 9.03. The van der Waals surface area contributed by atoms with Crippen LogP contribution in [0, 0.1) is 0 Å². The molecule has 1 atom stereocenters. The second kappa shape index (κ2) is 6.51. The average molecular weight is 360 g/mol. The zero-order valence-corrected chi connectivity index (χ0v) is 15.0. The zero-order chi connectivity index (χ0) is 18.2. The minimum absolute atomic E-state index is 0.0647. The van der Waals surface area contributed by atoms with Gasteiger partial charge in [0.2, 0.25) is 0 Å². The number of nitrogens with zero attached hydrogens (tertiary/aromatic N) is 5. The maximum absolute atomic E-state index is 5.79. The number of H-pyrrole nitrogens is 1. The molecular formula is C20H20N6O. The molecule has 0 bridgehead atoms. The van der Waals surface area contributed by atoms with E-state index in [2.05, 4.69) is 25.1 Å². The van der Waals surface area contributed by atoms with E-state index in [0.717, 1.165) is 42.2 Å². The molecule has 7 heteroatoms. The normalized spacial score (nSPS) is 17.1. The molecule has 1 aliphatic rings. The molecule has 0 saturated heterocycles. The summed E-state index contributed by atoms with van der Waals surface area (Å²) in [6, 6.07) is 12.0. The quantitative estimate of drug-likeness (QED) is 0.606. The van der Waals surface area contributed by atoms with Crippen molar-refractivity contribution in [2.75, 3.05) is 6.54 Å². The molecule has 0 saturated carbocycles. The van der Waals surface area contributed by atoms with E-state index >= 15 is 0 Å². The molecule has 5 rings (SSSR count). The Hall–Kier alpha value is -3.19. The topological polar surface area (TPSA) is 75.8 Å². The number of benzene rings is 1. The Morgan fingerprint density at radius 1 is 1.26 bits per heavy atom. The summed E-state index contributed by atoms with van der Waals surface area (Å²) in [4.78, 5) is 10.2. The van der Waals surface area contributed by atoms with Crippen LogP contribution in [0.4, 0.5) is 0 Å². The monoisotopic (exact) mass is 360 g/mol. The number of aromatic amines is 1. The van der Waals surface area contributed by atoms with Crippen LogP contribution in [0.15, 0.2) is 59.6 Å². The number of fused-ring (bicyclic) bond motifs is 1. The van der Waals surface area contributed by atoms with E-state index in [9.17, 15) is 0 Å². The number of hydrogen-bond acceptors (Lipinski definition) is 5. The van der Waals surface area contributed by atoms with Gasteiger partial charge in [-0.3, -0.25) is 9.58 Å². The van der Waals surface area contributed by atoms with Gasteiger partial charge in [-0.2, -0.15) is 5.10 Å². The second-order valence-corrected chi connectivity index (χ2v) is 6.89. The van der Waals surface area contributed by atoms with E-state index in [1.165, 1.54) is 11.3 Å². The molecule has 1 aliphatic heterocycles. The molecule has 0 unspecified atom stereocenters. The first-order chi connectivity index (χ1) is 13.3. The van der Waals surface area contributed by atoms with Crippen LogP contribution < -0.4 is 0 Å². The van der Waals surface area contributed by atoms with Crippen molar-refractivity contribution in [3.8, 4) is 11.3 Å². The van der Waals surface area contributed by atoms with Crippen molar-refractivity contribution >= 4 is 0 Å². The molecule has 136 valence electrons. The highest BCUT2D eigenvalue weighted by atomic mass is 16.5. The van der Waals surface area contributed by atoms with Crippen molar-refractivity contribution in [2.24, 2.45) is 7.05 Å². The van der Waals surface area contributed by atoms with Crippen molar-refractivity contribution in [1.29, 1.82) is 0 Å². The van der Waals surface area contributed by atoms with Crippen LogP contribution in [0.2, 0.25) is 0 Å². The smallest absolute Gasteiger partial charge is 0.160 e. The van der Waals surface area contributed by atoms with Gasteiger partial charge in [0.05, 0.1) is 18.2 Å². The Labute approximate surface area is 156 Å². The molecule has 1 aromatic carbocycles.